The summed E-state index contributed by atoms with van der Waals surface area (Å²) in [7, 11) is 0. The topological polar surface area (TPSA) is 99.1 Å². The van der Waals surface area contributed by atoms with Gasteiger partial charge >= 0.3 is 5.82 Å². The van der Waals surface area contributed by atoms with Crippen LogP contribution in [0.1, 0.15) is 22.3 Å². The van der Waals surface area contributed by atoms with Crippen LogP contribution in [0.5, 0.6) is 0 Å². The van der Waals surface area contributed by atoms with Gasteiger partial charge in [-0.2, -0.15) is 0 Å². The quantitative estimate of drug-likeness (QED) is 0.512. The van der Waals surface area contributed by atoms with Crippen LogP contribution in [0.15, 0.2) is 6.20 Å². The first kappa shape index (κ1) is 12.7. The number of aromatic nitrogens is 1. The SMILES string of the molecule is NC(=O)c1c([N+](=O)[O-])ncc(I)c1C(F)F. The largest absolute Gasteiger partial charge is 0.376 e. The van der Waals surface area contributed by atoms with E-state index in [0.717, 1.165) is 6.20 Å². The fourth-order valence-electron chi connectivity index (χ4n) is 1.09. The van der Waals surface area contributed by atoms with Crippen molar-refractivity contribution in [1.29, 1.82) is 0 Å². The zero-order chi connectivity index (χ0) is 12.5. The second-order valence-corrected chi connectivity index (χ2v) is 3.80. The third-order valence-electron chi connectivity index (χ3n) is 1.69. The highest BCUT2D eigenvalue weighted by Crippen LogP contribution is 2.31. The number of hydrogen-bond acceptors (Lipinski definition) is 4. The maximum absolute atomic E-state index is 12.6. The van der Waals surface area contributed by atoms with Gasteiger partial charge in [-0.25, -0.2) is 8.78 Å². The Balaban J connectivity index is 3.63. The number of nitro groups is 1. The summed E-state index contributed by atoms with van der Waals surface area (Å²) >= 11 is 1.50. The summed E-state index contributed by atoms with van der Waals surface area (Å²) in [6.07, 6.45) is -2.14. The third-order valence-corrected chi connectivity index (χ3v) is 2.55. The van der Waals surface area contributed by atoms with Crippen LogP contribution in [0.2, 0.25) is 0 Å². The molecule has 0 unspecified atom stereocenters. The van der Waals surface area contributed by atoms with E-state index in [4.69, 9.17) is 5.73 Å². The number of carbonyl (C=O) groups is 1. The molecule has 0 aromatic carbocycles. The monoisotopic (exact) mass is 343 g/mol. The molecule has 1 aromatic heterocycles. The first-order chi connectivity index (χ1) is 7.36. The summed E-state index contributed by atoms with van der Waals surface area (Å²) in [6.45, 7) is 0. The first-order valence-electron chi connectivity index (χ1n) is 3.77. The molecule has 0 saturated carbocycles. The van der Waals surface area contributed by atoms with Gasteiger partial charge in [-0.1, -0.05) is 0 Å². The van der Waals surface area contributed by atoms with Crippen molar-refractivity contribution < 1.29 is 18.5 Å². The zero-order valence-electron chi connectivity index (χ0n) is 7.49. The summed E-state index contributed by atoms with van der Waals surface area (Å²) in [6, 6.07) is 0. The Morgan fingerprint density at radius 1 is 1.62 bits per heavy atom. The summed E-state index contributed by atoms with van der Waals surface area (Å²) in [4.78, 5) is 23.7. The van der Waals surface area contributed by atoms with Gasteiger partial charge in [0.05, 0.1) is 9.13 Å². The number of carbonyl (C=O) groups excluding carboxylic acids is 1. The van der Waals surface area contributed by atoms with Crippen molar-refractivity contribution in [1.82, 2.24) is 4.98 Å². The first-order valence-corrected chi connectivity index (χ1v) is 4.84. The van der Waals surface area contributed by atoms with Crippen molar-refractivity contribution in [2.45, 2.75) is 6.43 Å². The number of hydrogen-bond donors (Lipinski definition) is 1. The Labute approximate surface area is 101 Å². The lowest BCUT2D eigenvalue weighted by Gasteiger charge is -2.06. The van der Waals surface area contributed by atoms with Gasteiger partial charge in [-0.3, -0.25) is 4.79 Å². The molecular weight excluding hydrogens is 339 g/mol. The number of rotatable bonds is 3. The molecule has 0 aliphatic carbocycles. The van der Waals surface area contributed by atoms with E-state index < -0.39 is 34.2 Å². The van der Waals surface area contributed by atoms with Crippen molar-refractivity contribution in [3.8, 4) is 0 Å². The summed E-state index contributed by atoms with van der Waals surface area (Å²) in [5.74, 6) is -2.25. The molecule has 2 N–H and O–H groups in total. The van der Waals surface area contributed by atoms with Crippen LogP contribution in [0.3, 0.4) is 0 Å². The number of primary amides is 1. The van der Waals surface area contributed by atoms with E-state index in [2.05, 4.69) is 4.98 Å². The van der Waals surface area contributed by atoms with E-state index >= 15 is 0 Å². The minimum atomic E-state index is -3.03. The van der Waals surface area contributed by atoms with Crippen molar-refractivity contribution in [2.75, 3.05) is 0 Å². The van der Waals surface area contributed by atoms with Gasteiger partial charge in [-0.05, 0) is 32.5 Å². The normalized spacial score (nSPS) is 10.5. The van der Waals surface area contributed by atoms with Gasteiger partial charge in [0.2, 0.25) is 0 Å². The number of amides is 1. The zero-order valence-corrected chi connectivity index (χ0v) is 9.64. The molecule has 0 bridgehead atoms. The summed E-state index contributed by atoms with van der Waals surface area (Å²) in [5, 5.41) is 10.5. The van der Waals surface area contributed by atoms with Gasteiger partial charge < -0.3 is 15.8 Å². The van der Waals surface area contributed by atoms with E-state index in [1.54, 1.807) is 0 Å². The molecule has 16 heavy (non-hydrogen) atoms. The van der Waals surface area contributed by atoms with E-state index in [1.807, 2.05) is 0 Å². The molecule has 0 fully saturated rings. The van der Waals surface area contributed by atoms with Crippen LogP contribution < -0.4 is 5.73 Å². The fraction of sp³-hybridized carbons (Fsp3) is 0.143. The molecule has 86 valence electrons. The number of pyridine rings is 1. The second kappa shape index (κ2) is 4.63. The summed E-state index contributed by atoms with van der Waals surface area (Å²) in [5.41, 5.74) is 3.24. The second-order valence-electron chi connectivity index (χ2n) is 2.64. The Hall–Kier alpha value is -1.39. The molecule has 0 spiro atoms. The minimum Gasteiger partial charge on any atom is -0.365 e. The molecule has 6 nitrogen and oxygen atoms in total. The summed E-state index contributed by atoms with van der Waals surface area (Å²) < 4.78 is 25.2. The van der Waals surface area contributed by atoms with Crippen molar-refractivity contribution >= 4 is 34.3 Å². The Morgan fingerprint density at radius 3 is 2.56 bits per heavy atom. The van der Waals surface area contributed by atoms with Gasteiger partial charge in [0, 0.05) is 0 Å². The van der Waals surface area contributed by atoms with E-state index in [1.165, 1.54) is 22.6 Å². The Morgan fingerprint density at radius 2 is 2.19 bits per heavy atom. The highest BCUT2D eigenvalue weighted by Gasteiger charge is 2.30. The number of nitrogens with two attached hydrogens (primary N) is 1. The molecule has 0 saturated heterocycles. The molecule has 1 aromatic rings. The highest BCUT2D eigenvalue weighted by atomic mass is 127. The number of halogens is 3. The molecule has 1 heterocycles. The average Bonchev–Trinajstić information content (AvgIpc) is 2.15. The van der Waals surface area contributed by atoms with Crippen LogP contribution in [0.4, 0.5) is 14.6 Å². The van der Waals surface area contributed by atoms with Crippen LogP contribution in [0.25, 0.3) is 0 Å². The van der Waals surface area contributed by atoms with Gasteiger partial charge in [-0.15, -0.1) is 0 Å². The predicted octanol–water partition coefficient (Wildman–Crippen LogP) is 1.63. The highest BCUT2D eigenvalue weighted by molar-refractivity contribution is 14.1. The van der Waals surface area contributed by atoms with Gasteiger partial charge in [0.25, 0.3) is 12.3 Å². The lowest BCUT2D eigenvalue weighted by Crippen LogP contribution is -2.18. The average molecular weight is 343 g/mol. The molecule has 0 aliphatic rings. The Kier molecular flexibility index (Phi) is 3.67. The molecule has 0 aliphatic heterocycles. The molecule has 1 amide bonds. The Bertz CT molecular complexity index is 466. The smallest absolute Gasteiger partial charge is 0.365 e. The molecular formula is C7H4F2IN3O3. The van der Waals surface area contributed by atoms with Crippen molar-refractivity contribution in [3.05, 3.63) is 31.0 Å². The van der Waals surface area contributed by atoms with E-state index in [9.17, 15) is 23.7 Å². The minimum absolute atomic E-state index is 0.0491. The molecule has 1 rings (SSSR count). The maximum atomic E-state index is 12.6. The number of nitrogens with zero attached hydrogens (tertiary/aromatic N) is 2. The van der Waals surface area contributed by atoms with Gasteiger partial charge in [0.1, 0.15) is 5.56 Å². The van der Waals surface area contributed by atoms with Gasteiger partial charge in [0.15, 0.2) is 6.20 Å². The third kappa shape index (κ3) is 2.23. The lowest BCUT2D eigenvalue weighted by molar-refractivity contribution is -0.389. The maximum Gasteiger partial charge on any atom is 0.376 e. The van der Waals surface area contributed by atoms with Crippen LogP contribution in [-0.4, -0.2) is 15.8 Å². The predicted molar refractivity (Wildman–Crippen MR) is 57.1 cm³/mol. The molecule has 9 heteroatoms. The number of alkyl halides is 2. The van der Waals surface area contributed by atoms with Crippen molar-refractivity contribution in [3.63, 3.8) is 0 Å². The van der Waals surface area contributed by atoms with Crippen molar-refractivity contribution in [2.24, 2.45) is 5.73 Å². The fourth-order valence-corrected chi connectivity index (χ4v) is 1.73. The van der Waals surface area contributed by atoms with Crippen LogP contribution >= 0.6 is 22.6 Å². The lowest BCUT2D eigenvalue weighted by atomic mass is 10.1. The standard InChI is InChI=1S/C7H4F2IN3O3/c8-5(9)3-2(10)1-12-7(13(15)16)4(3)6(11)14/h1,5H,(H2,11,14). The molecule has 0 atom stereocenters. The van der Waals surface area contributed by atoms with E-state index in [0.29, 0.717) is 0 Å². The van der Waals surface area contributed by atoms with Crippen LogP contribution in [-0.2, 0) is 0 Å². The van der Waals surface area contributed by atoms with Crippen LogP contribution in [0, 0.1) is 13.7 Å². The molecule has 0 radical (unpaired) electrons. The van der Waals surface area contributed by atoms with E-state index in [-0.39, 0.29) is 3.57 Å².